The maximum Gasteiger partial charge on any atom is 0.241 e. The molecule has 3 heterocycles. The number of hydrogen-bond acceptors (Lipinski definition) is 6. The van der Waals surface area contributed by atoms with Gasteiger partial charge in [-0.15, -0.1) is 0 Å². The number of anilines is 1. The summed E-state index contributed by atoms with van der Waals surface area (Å²) >= 11 is 0. The van der Waals surface area contributed by atoms with Gasteiger partial charge >= 0.3 is 0 Å². The highest BCUT2D eigenvalue weighted by atomic mass is 16.5. The van der Waals surface area contributed by atoms with Crippen molar-refractivity contribution in [2.45, 2.75) is 26.3 Å². The molecule has 1 fully saturated rings. The first-order valence-electron chi connectivity index (χ1n) is 9.50. The Hall–Kier alpha value is -3.06. The fraction of sp³-hybridized carbons (Fsp3) is 0.333. The predicted molar refractivity (Wildman–Crippen MR) is 105 cm³/mol. The van der Waals surface area contributed by atoms with Gasteiger partial charge in [-0.3, -0.25) is 14.7 Å². The Labute approximate surface area is 163 Å². The Morgan fingerprint density at radius 2 is 2.25 bits per heavy atom. The van der Waals surface area contributed by atoms with Gasteiger partial charge < -0.3 is 9.84 Å². The second-order valence-electron chi connectivity index (χ2n) is 7.19. The molecule has 7 nitrogen and oxygen atoms in total. The Morgan fingerprint density at radius 1 is 1.32 bits per heavy atom. The average Bonchev–Trinajstić information content (AvgIpc) is 3.17. The number of amides is 1. The number of pyridine rings is 1. The van der Waals surface area contributed by atoms with Crippen molar-refractivity contribution in [2.24, 2.45) is 5.92 Å². The molecule has 1 saturated heterocycles. The van der Waals surface area contributed by atoms with Crippen LogP contribution in [0.25, 0.3) is 11.4 Å². The van der Waals surface area contributed by atoms with Gasteiger partial charge in [0.25, 0.3) is 0 Å². The van der Waals surface area contributed by atoms with E-state index in [2.05, 4.69) is 25.3 Å². The number of hydrogen-bond donors (Lipinski definition) is 1. The number of rotatable bonds is 5. The van der Waals surface area contributed by atoms with Gasteiger partial charge in [0.15, 0.2) is 0 Å². The monoisotopic (exact) mass is 377 g/mol. The Kier molecular flexibility index (Phi) is 5.43. The second-order valence-corrected chi connectivity index (χ2v) is 7.19. The first-order valence-corrected chi connectivity index (χ1v) is 9.50. The van der Waals surface area contributed by atoms with E-state index < -0.39 is 0 Å². The smallest absolute Gasteiger partial charge is 0.241 e. The van der Waals surface area contributed by atoms with Crippen LogP contribution in [-0.4, -0.2) is 39.0 Å². The third-order valence-electron chi connectivity index (χ3n) is 4.91. The number of nitrogens with zero attached hydrogens (tertiary/aromatic N) is 4. The van der Waals surface area contributed by atoms with Gasteiger partial charge in [-0.2, -0.15) is 4.98 Å². The molecule has 1 unspecified atom stereocenters. The number of likely N-dealkylation sites (tertiary alicyclic amines) is 1. The quantitative estimate of drug-likeness (QED) is 0.734. The Morgan fingerprint density at radius 3 is 3.07 bits per heavy atom. The van der Waals surface area contributed by atoms with Crippen molar-refractivity contribution in [3.8, 4) is 11.4 Å². The minimum absolute atomic E-state index is 0.0312. The summed E-state index contributed by atoms with van der Waals surface area (Å²) in [6.45, 7) is 4.18. The van der Waals surface area contributed by atoms with Crippen molar-refractivity contribution >= 4 is 11.6 Å². The number of carbonyl (C=O) groups is 1. The molecule has 0 aliphatic carbocycles. The van der Waals surface area contributed by atoms with Crippen LogP contribution in [0.2, 0.25) is 0 Å². The number of carbonyl (C=O) groups excluding carboxylic acids is 1. The number of nitrogens with one attached hydrogen (secondary N) is 1. The second kappa shape index (κ2) is 8.31. The molecule has 0 bridgehead atoms. The fourth-order valence-corrected chi connectivity index (χ4v) is 3.51. The summed E-state index contributed by atoms with van der Waals surface area (Å²) < 4.78 is 5.44. The van der Waals surface area contributed by atoms with E-state index in [0.29, 0.717) is 24.8 Å². The van der Waals surface area contributed by atoms with Gasteiger partial charge in [-0.05, 0) is 44.5 Å². The molecule has 0 radical (unpaired) electrons. The molecule has 3 aromatic rings. The molecule has 7 heteroatoms. The maximum absolute atomic E-state index is 12.6. The van der Waals surface area contributed by atoms with Crippen molar-refractivity contribution in [1.82, 2.24) is 20.0 Å². The van der Waals surface area contributed by atoms with Gasteiger partial charge in [-0.1, -0.05) is 28.9 Å². The lowest BCUT2D eigenvalue weighted by Crippen LogP contribution is -2.40. The highest BCUT2D eigenvalue weighted by Crippen LogP contribution is 2.22. The lowest BCUT2D eigenvalue weighted by atomic mass is 9.97. The molecule has 4 rings (SSSR count). The SMILES string of the molecule is Cc1cccc(-c2noc(CN3CCCC(C(=O)Nc4cccnc4)C3)n2)c1. The van der Waals surface area contributed by atoms with Crippen LogP contribution in [0.5, 0.6) is 0 Å². The van der Waals surface area contributed by atoms with E-state index in [1.807, 2.05) is 43.3 Å². The van der Waals surface area contributed by atoms with Crippen LogP contribution in [0.15, 0.2) is 53.3 Å². The van der Waals surface area contributed by atoms with E-state index in [4.69, 9.17) is 4.52 Å². The molecule has 1 aromatic carbocycles. The molecule has 1 N–H and O–H groups in total. The first kappa shape index (κ1) is 18.3. The molecule has 1 aliphatic rings. The first-order chi connectivity index (χ1) is 13.7. The third-order valence-corrected chi connectivity index (χ3v) is 4.91. The van der Waals surface area contributed by atoms with Crippen LogP contribution in [0, 0.1) is 12.8 Å². The molecule has 1 atom stereocenters. The van der Waals surface area contributed by atoms with Crippen molar-refractivity contribution in [2.75, 3.05) is 18.4 Å². The minimum Gasteiger partial charge on any atom is -0.338 e. The lowest BCUT2D eigenvalue weighted by molar-refractivity contribution is -0.121. The van der Waals surface area contributed by atoms with Crippen LogP contribution >= 0.6 is 0 Å². The van der Waals surface area contributed by atoms with Crippen LogP contribution in [0.4, 0.5) is 5.69 Å². The van der Waals surface area contributed by atoms with E-state index in [9.17, 15) is 4.79 Å². The van der Waals surface area contributed by atoms with Gasteiger partial charge in [-0.25, -0.2) is 0 Å². The number of aromatic nitrogens is 3. The van der Waals surface area contributed by atoms with Crippen LogP contribution in [-0.2, 0) is 11.3 Å². The van der Waals surface area contributed by atoms with Gasteiger partial charge in [0.1, 0.15) is 0 Å². The van der Waals surface area contributed by atoms with Crippen LogP contribution in [0.3, 0.4) is 0 Å². The molecule has 1 amide bonds. The minimum atomic E-state index is -0.0619. The van der Waals surface area contributed by atoms with Crippen molar-refractivity contribution in [1.29, 1.82) is 0 Å². The normalized spacial score (nSPS) is 17.4. The number of benzene rings is 1. The Bertz CT molecular complexity index is 941. The molecule has 1 aliphatic heterocycles. The van der Waals surface area contributed by atoms with Gasteiger partial charge in [0, 0.05) is 18.3 Å². The zero-order valence-electron chi connectivity index (χ0n) is 15.8. The molecule has 28 heavy (non-hydrogen) atoms. The molecule has 144 valence electrons. The maximum atomic E-state index is 12.6. The fourth-order valence-electron chi connectivity index (χ4n) is 3.51. The summed E-state index contributed by atoms with van der Waals surface area (Å²) in [6, 6.07) is 11.7. The van der Waals surface area contributed by atoms with Gasteiger partial charge in [0.2, 0.25) is 17.6 Å². The van der Waals surface area contributed by atoms with Gasteiger partial charge in [0.05, 0.1) is 24.3 Å². The topological polar surface area (TPSA) is 84.2 Å². The predicted octanol–water partition coefficient (Wildman–Crippen LogP) is 3.29. The van der Waals surface area contributed by atoms with E-state index >= 15 is 0 Å². The highest BCUT2D eigenvalue weighted by molar-refractivity contribution is 5.92. The highest BCUT2D eigenvalue weighted by Gasteiger charge is 2.27. The van der Waals surface area contributed by atoms with E-state index in [1.165, 1.54) is 0 Å². The van der Waals surface area contributed by atoms with Crippen molar-refractivity contribution in [3.05, 3.63) is 60.2 Å². The standard InChI is InChI=1S/C21H23N5O2/c1-15-5-2-6-16(11-15)20-24-19(28-25-20)14-26-10-4-7-17(13-26)21(27)23-18-8-3-9-22-12-18/h2-3,5-6,8-9,11-12,17H,4,7,10,13-14H2,1H3,(H,23,27). The summed E-state index contributed by atoms with van der Waals surface area (Å²) in [5, 5.41) is 7.05. The largest absolute Gasteiger partial charge is 0.338 e. The van der Waals surface area contributed by atoms with E-state index in [1.54, 1.807) is 12.4 Å². The van der Waals surface area contributed by atoms with E-state index in [0.717, 1.165) is 36.2 Å². The summed E-state index contributed by atoms with van der Waals surface area (Å²) in [5.41, 5.74) is 2.83. The molecular formula is C21H23N5O2. The lowest BCUT2D eigenvalue weighted by Gasteiger charge is -2.30. The van der Waals surface area contributed by atoms with Crippen molar-refractivity contribution in [3.63, 3.8) is 0 Å². The third kappa shape index (κ3) is 4.43. The molecule has 2 aromatic heterocycles. The summed E-state index contributed by atoms with van der Waals surface area (Å²) in [6.07, 6.45) is 5.18. The zero-order chi connectivity index (χ0) is 19.3. The molecular weight excluding hydrogens is 354 g/mol. The zero-order valence-corrected chi connectivity index (χ0v) is 15.8. The van der Waals surface area contributed by atoms with Crippen molar-refractivity contribution < 1.29 is 9.32 Å². The summed E-state index contributed by atoms with van der Waals surface area (Å²) in [7, 11) is 0. The number of aryl methyl sites for hydroxylation is 1. The molecule has 0 spiro atoms. The van der Waals surface area contributed by atoms with Crippen LogP contribution in [0.1, 0.15) is 24.3 Å². The van der Waals surface area contributed by atoms with E-state index in [-0.39, 0.29) is 11.8 Å². The number of piperidine rings is 1. The summed E-state index contributed by atoms with van der Waals surface area (Å²) in [4.78, 5) is 23.3. The average molecular weight is 377 g/mol. The van der Waals surface area contributed by atoms with Crippen LogP contribution < -0.4 is 5.32 Å². The Balaban J connectivity index is 1.37. The summed E-state index contributed by atoms with van der Waals surface area (Å²) in [5.74, 6) is 1.14. The molecule has 0 saturated carbocycles.